The van der Waals surface area contributed by atoms with Crippen molar-refractivity contribution in [1.29, 1.82) is 0 Å². The van der Waals surface area contributed by atoms with Gasteiger partial charge in [0, 0.05) is 11.6 Å². The lowest BCUT2D eigenvalue weighted by molar-refractivity contribution is -0.385. The van der Waals surface area contributed by atoms with Gasteiger partial charge in [-0.05, 0) is 47.1 Å². The van der Waals surface area contributed by atoms with E-state index in [9.17, 15) is 14.9 Å². The number of benzene rings is 2. The molecule has 7 heteroatoms. The van der Waals surface area contributed by atoms with Gasteiger partial charge in [0.1, 0.15) is 5.75 Å². The maximum atomic E-state index is 12.3. The first kappa shape index (κ1) is 16.0. The molecule has 1 amide bonds. The molecule has 6 nitrogen and oxygen atoms in total. The lowest BCUT2D eigenvalue weighted by Crippen LogP contribution is -2.13. The van der Waals surface area contributed by atoms with Crippen LogP contribution in [0.2, 0.25) is 0 Å². The maximum absolute atomic E-state index is 12.3. The fourth-order valence-electron chi connectivity index (χ4n) is 1.84. The summed E-state index contributed by atoms with van der Waals surface area (Å²) < 4.78 is 5.75. The van der Waals surface area contributed by atoms with Crippen LogP contribution >= 0.6 is 15.9 Å². The van der Waals surface area contributed by atoms with E-state index < -0.39 is 10.8 Å². The largest absolute Gasteiger partial charge is 0.492 e. The third kappa shape index (κ3) is 3.62. The first-order valence-corrected chi connectivity index (χ1v) is 7.29. The Morgan fingerprint density at radius 2 is 2.05 bits per heavy atom. The predicted molar refractivity (Wildman–Crippen MR) is 86.4 cm³/mol. The first-order chi connectivity index (χ1) is 10.5. The number of nitro groups is 1. The molecular formula is C15H13BrN2O4. The highest BCUT2D eigenvalue weighted by Crippen LogP contribution is 2.27. The molecular weight excluding hydrogens is 352 g/mol. The average Bonchev–Trinajstić information content (AvgIpc) is 2.49. The summed E-state index contributed by atoms with van der Waals surface area (Å²) in [5.74, 6) is 0.104. The van der Waals surface area contributed by atoms with E-state index in [1.165, 1.54) is 18.2 Å². The Kier molecular flexibility index (Phi) is 5.11. The fourth-order valence-corrected chi connectivity index (χ4v) is 2.23. The molecule has 0 atom stereocenters. The highest BCUT2D eigenvalue weighted by Gasteiger charge is 2.16. The molecule has 0 bridgehead atoms. The van der Waals surface area contributed by atoms with Crippen molar-refractivity contribution >= 4 is 33.2 Å². The van der Waals surface area contributed by atoms with Crippen molar-refractivity contribution in [3.8, 4) is 5.75 Å². The summed E-state index contributed by atoms with van der Waals surface area (Å²) in [4.78, 5) is 22.6. The predicted octanol–water partition coefficient (Wildman–Crippen LogP) is 4.01. The van der Waals surface area contributed by atoms with Crippen LogP contribution in [0.15, 0.2) is 46.9 Å². The minimum Gasteiger partial charge on any atom is -0.492 e. The smallest absolute Gasteiger partial charge is 0.284 e. The van der Waals surface area contributed by atoms with Crippen LogP contribution in [0.1, 0.15) is 17.3 Å². The normalized spacial score (nSPS) is 10.1. The van der Waals surface area contributed by atoms with Gasteiger partial charge in [0.15, 0.2) is 0 Å². The van der Waals surface area contributed by atoms with Crippen molar-refractivity contribution in [2.75, 3.05) is 11.9 Å². The van der Waals surface area contributed by atoms with Gasteiger partial charge in [0.25, 0.3) is 11.6 Å². The number of anilines is 1. The van der Waals surface area contributed by atoms with Crippen LogP contribution in [0.5, 0.6) is 5.75 Å². The maximum Gasteiger partial charge on any atom is 0.284 e. The Labute approximate surface area is 135 Å². The lowest BCUT2D eigenvalue weighted by atomic mass is 10.2. The fraction of sp³-hybridized carbons (Fsp3) is 0.133. The second-order valence-electron chi connectivity index (χ2n) is 4.31. The molecule has 0 aliphatic carbocycles. The van der Waals surface area contributed by atoms with Gasteiger partial charge >= 0.3 is 0 Å². The third-order valence-corrected chi connectivity index (χ3v) is 3.51. The molecule has 0 saturated carbocycles. The van der Waals surface area contributed by atoms with Gasteiger partial charge in [-0.2, -0.15) is 0 Å². The SMILES string of the molecule is CCOc1ccccc1NC(=O)c1ccc(Br)c([N+](=O)[O-])c1. The van der Waals surface area contributed by atoms with Crippen LogP contribution < -0.4 is 10.1 Å². The van der Waals surface area contributed by atoms with Gasteiger partial charge < -0.3 is 10.1 Å². The number of carbonyl (C=O) groups is 1. The molecule has 2 aromatic rings. The van der Waals surface area contributed by atoms with Crippen LogP contribution in [0.25, 0.3) is 0 Å². The zero-order chi connectivity index (χ0) is 16.1. The van der Waals surface area contributed by atoms with Crippen molar-refractivity contribution in [1.82, 2.24) is 0 Å². The molecule has 114 valence electrons. The molecule has 0 spiro atoms. The van der Waals surface area contributed by atoms with Crippen molar-refractivity contribution < 1.29 is 14.5 Å². The number of nitrogens with one attached hydrogen (secondary N) is 1. The zero-order valence-corrected chi connectivity index (χ0v) is 13.3. The quantitative estimate of drug-likeness (QED) is 0.641. The molecule has 1 N–H and O–H groups in total. The number of nitro benzene ring substituents is 1. The van der Waals surface area contributed by atoms with E-state index in [2.05, 4.69) is 21.2 Å². The van der Waals surface area contributed by atoms with Gasteiger partial charge in [-0.15, -0.1) is 0 Å². The molecule has 0 radical (unpaired) electrons. The number of ether oxygens (including phenoxy) is 1. The summed E-state index contributed by atoms with van der Waals surface area (Å²) in [6, 6.07) is 11.2. The van der Waals surface area contributed by atoms with Crippen LogP contribution in [0, 0.1) is 10.1 Å². The Morgan fingerprint density at radius 1 is 1.32 bits per heavy atom. The number of para-hydroxylation sites is 2. The minimum atomic E-state index is -0.547. The number of hydrogen-bond donors (Lipinski definition) is 1. The average molecular weight is 365 g/mol. The standard InChI is InChI=1S/C15H13BrN2O4/c1-2-22-14-6-4-3-5-12(14)17-15(19)10-7-8-11(16)13(9-10)18(20)21/h3-9H,2H2,1H3,(H,17,19). The first-order valence-electron chi connectivity index (χ1n) is 6.50. The van der Waals surface area contributed by atoms with Crippen LogP contribution in [-0.2, 0) is 0 Å². The Hall–Kier alpha value is -2.41. The van der Waals surface area contributed by atoms with E-state index in [1.54, 1.807) is 24.3 Å². The van der Waals surface area contributed by atoms with Crippen molar-refractivity contribution in [3.05, 3.63) is 62.6 Å². The number of halogens is 1. The highest BCUT2D eigenvalue weighted by molar-refractivity contribution is 9.10. The van der Waals surface area contributed by atoms with E-state index in [4.69, 9.17) is 4.74 Å². The number of carbonyl (C=O) groups excluding carboxylic acids is 1. The molecule has 2 rings (SSSR count). The minimum absolute atomic E-state index is 0.161. The van der Waals surface area contributed by atoms with E-state index in [0.29, 0.717) is 22.5 Å². The van der Waals surface area contributed by atoms with E-state index in [1.807, 2.05) is 6.92 Å². The molecule has 0 aliphatic rings. The second-order valence-corrected chi connectivity index (χ2v) is 5.16. The van der Waals surface area contributed by atoms with Crippen molar-refractivity contribution in [2.24, 2.45) is 0 Å². The molecule has 0 aromatic heterocycles. The summed E-state index contributed by atoms with van der Waals surface area (Å²) in [5.41, 5.74) is 0.548. The second kappa shape index (κ2) is 7.04. The number of hydrogen-bond acceptors (Lipinski definition) is 4. The third-order valence-electron chi connectivity index (χ3n) is 2.84. The van der Waals surface area contributed by atoms with Crippen molar-refractivity contribution in [3.63, 3.8) is 0 Å². The number of nitrogens with zero attached hydrogens (tertiary/aromatic N) is 1. The monoisotopic (exact) mass is 364 g/mol. The van der Waals surface area contributed by atoms with Gasteiger partial charge in [-0.25, -0.2) is 0 Å². The van der Waals surface area contributed by atoms with E-state index in [-0.39, 0.29) is 11.3 Å². The highest BCUT2D eigenvalue weighted by atomic mass is 79.9. The van der Waals surface area contributed by atoms with Gasteiger partial charge in [-0.1, -0.05) is 12.1 Å². The molecule has 0 heterocycles. The summed E-state index contributed by atoms with van der Waals surface area (Å²) >= 11 is 3.09. The van der Waals surface area contributed by atoms with Gasteiger partial charge in [-0.3, -0.25) is 14.9 Å². The van der Waals surface area contributed by atoms with Gasteiger partial charge in [0.2, 0.25) is 0 Å². The zero-order valence-electron chi connectivity index (χ0n) is 11.7. The summed E-state index contributed by atoms with van der Waals surface area (Å²) in [6.07, 6.45) is 0. The summed E-state index contributed by atoms with van der Waals surface area (Å²) in [7, 11) is 0. The topological polar surface area (TPSA) is 81.5 Å². The summed E-state index contributed by atoms with van der Waals surface area (Å²) in [6.45, 7) is 2.31. The molecule has 2 aromatic carbocycles. The Bertz CT molecular complexity index is 718. The molecule has 22 heavy (non-hydrogen) atoms. The van der Waals surface area contributed by atoms with Crippen molar-refractivity contribution in [2.45, 2.75) is 6.92 Å². The van der Waals surface area contributed by atoms with Crippen LogP contribution in [0.3, 0.4) is 0 Å². The Morgan fingerprint density at radius 3 is 2.73 bits per heavy atom. The number of rotatable bonds is 5. The lowest BCUT2D eigenvalue weighted by Gasteiger charge is -2.11. The van der Waals surface area contributed by atoms with Gasteiger partial charge in [0.05, 0.1) is 21.7 Å². The molecule has 0 saturated heterocycles. The molecule has 0 aliphatic heterocycles. The summed E-state index contributed by atoms with van der Waals surface area (Å²) in [5, 5.41) is 13.6. The molecule has 0 fully saturated rings. The van der Waals surface area contributed by atoms with E-state index in [0.717, 1.165) is 0 Å². The van der Waals surface area contributed by atoms with E-state index >= 15 is 0 Å². The Balaban J connectivity index is 2.26. The van der Waals surface area contributed by atoms with Crippen LogP contribution in [0.4, 0.5) is 11.4 Å². The van der Waals surface area contributed by atoms with Crippen LogP contribution in [-0.4, -0.2) is 17.4 Å². The number of amides is 1. The molecule has 0 unspecified atom stereocenters.